The van der Waals surface area contributed by atoms with Gasteiger partial charge in [0.2, 0.25) is 0 Å². The predicted octanol–water partition coefficient (Wildman–Crippen LogP) is 1.83. The third-order valence-corrected chi connectivity index (χ3v) is 2.76. The van der Waals surface area contributed by atoms with E-state index in [1.807, 2.05) is 13.1 Å². The Morgan fingerprint density at radius 3 is 2.94 bits per heavy atom. The van der Waals surface area contributed by atoms with Crippen molar-refractivity contribution < 1.29 is 0 Å². The van der Waals surface area contributed by atoms with Crippen LogP contribution in [0.25, 0.3) is 0 Å². The molecule has 2 heterocycles. The minimum atomic E-state index is 0.861. The van der Waals surface area contributed by atoms with Crippen LogP contribution in [0.4, 0.5) is 0 Å². The van der Waals surface area contributed by atoms with Crippen molar-refractivity contribution >= 4 is 0 Å². The van der Waals surface area contributed by atoms with Gasteiger partial charge in [-0.15, -0.1) is 0 Å². The molecule has 4 nitrogen and oxygen atoms in total. The second-order valence-electron chi connectivity index (χ2n) is 3.97. The Kier molecular flexibility index (Phi) is 3.41. The molecule has 0 saturated heterocycles. The van der Waals surface area contributed by atoms with Gasteiger partial charge in [-0.25, -0.2) is 0 Å². The van der Waals surface area contributed by atoms with Crippen LogP contribution in [0.2, 0.25) is 0 Å². The van der Waals surface area contributed by atoms with E-state index in [2.05, 4.69) is 45.5 Å². The molecule has 0 aliphatic heterocycles. The number of nitrogens with zero attached hydrogens (tertiary/aromatic N) is 2. The van der Waals surface area contributed by atoms with E-state index in [4.69, 9.17) is 0 Å². The highest BCUT2D eigenvalue weighted by atomic mass is 15.1. The van der Waals surface area contributed by atoms with Crippen LogP contribution in [-0.4, -0.2) is 14.8 Å². The lowest BCUT2D eigenvalue weighted by Crippen LogP contribution is -2.12. The van der Waals surface area contributed by atoms with Gasteiger partial charge >= 0.3 is 0 Å². The normalized spacial score (nSPS) is 10.9. The molecule has 2 aromatic rings. The lowest BCUT2D eigenvalue weighted by molar-refractivity contribution is 0.686. The molecule has 0 aromatic carbocycles. The van der Waals surface area contributed by atoms with Gasteiger partial charge < -0.3 is 9.88 Å². The van der Waals surface area contributed by atoms with Crippen LogP contribution in [-0.2, 0) is 19.6 Å². The topological polar surface area (TPSA) is 45.6 Å². The van der Waals surface area contributed by atoms with Gasteiger partial charge in [-0.3, -0.25) is 5.10 Å². The van der Waals surface area contributed by atoms with Gasteiger partial charge in [0.05, 0.1) is 6.20 Å². The molecule has 86 valence electrons. The third-order valence-electron chi connectivity index (χ3n) is 2.76. The number of aromatic amines is 1. The van der Waals surface area contributed by atoms with Gasteiger partial charge in [-0.1, -0.05) is 0 Å². The summed E-state index contributed by atoms with van der Waals surface area (Å²) in [5.41, 5.74) is 3.69. The van der Waals surface area contributed by atoms with Gasteiger partial charge in [0.1, 0.15) is 0 Å². The average molecular weight is 218 g/mol. The van der Waals surface area contributed by atoms with Crippen LogP contribution in [0.5, 0.6) is 0 Å². The summed E-state index contributed by atoms with van der Waals surface area (Å²) in [5.74, 6) is 0. The molecule has 4 heteroatoms. The molecule has 0 spiro atoms. The lowest BCUT2D eigenvalue weighted by atomic mass is 10.2. The average Bonchev–Trinajstić information content (AvgIpc) is 2.89. The number of nitrogens with one attached hydrogen (secondary N) is 2. The fraction of sp³-hybridized carbons (Fsp3) is 0.417. The fourth-order valence-electron chi connectivity index (χ4n) is 1.69. The van der Waals surface area contributed by atoms with E-state index in [9.17, 15) is 0 Å². The molecular formula is C12H18N4. The molecule has 2 N–H and O–H groups in total. The summed E-state index contributed by atoms with van der Waals surface area (Å²) in [6.45, 7) is 6.97. The van der Waals surface area contributed by atoms with Crippen molar-refractivity contribution in [3.8, 4) is 0 Å². The molecule has 0 radical (unpaired) electrons. The van der Waals surface area contributed by atoms with Crippen LogP contribution in [0, 0.1) is 6.92 Å². The molecule has 0 aliphatic carbocycles. The summed E-state index contributed by atoms with van der Waals surface area (Å²) in [7, 11) is 0. The van der Waals surface area contributed by atoms with Crippen molar-refractivity contribution in [2.24, 2.45) is 0 Å². The van der Waals surface area contributed by atoms with E-state index in [0.717, 1.165) is 25.3 Å². The van der Waals surface area contributed by atoms with Gasteiger partial charge in [-0.2, -0.15) is 5.10 Å². The quantitative estimate of drug-likeness (QED) is 0.804. The Balaban J connectivity index is 1.82. The molecule has 0 bridgehead atoms. The first kappa shape index (κ1) is 11.0. The third kappa shape index (κ3) is 2.52. The smallest absolute Gasteiger partial charge is 0.0535 e. The molecule has 0 atom stereocenters. The second-order valence-corrected chi connectivity index (χ2v) is 3.97. The van der Waals surface area contributed by atoms with Crippen LogP contribution in [0.3, 0.4) is 0 Å². The summed E-state index contributed by atoms with van der Waals surface area (Å²) in [6, 6.07) is 2.15. The summed E-state index contributed by atoms with van der Waals surface area (Å²) < 4.78 is 2.18. The number of aromatic nitrogens is 3. The van der Waals surface area contributed by atoms with E-state index in [1.54, 1.807) is 0 Å². The largest absolute Gasteiger partial charge is 0.354 e. The molecule has 0 saturated carbocycles. The molecule has 0 aliphatic rings. The van der Waals surface area contributed by atoms with Crippen LogP contribution in [0.1, 0.15) is 23.7 Å². The molecule has 0 unspecified atom stereocenters. The standard InChI is InChI=1S/C12H18N4/c1-3-16-5-4-11(9-16)6-13-7-12-8-14-15-10(12)2/h4-5,8-9,13H,3,6-7H2,1-2H3,(H,14,15). The monoisotopic (exact) mass is 218 g/mol. The first-order valence-electron chi connectivity index (χ1n) is 5.64. The SMILES string of the molecule is CCn1ccc(CNCc2cn[nH]c2C)c1. The summed E-state index contributed by atoms with van der Waals surface area (Å²) >= 11 is 0. The Morgan fingerprint density at radius 1 is 1.44 bits per heavy atom. The molecule has 0 fully saturated rings. The minimum Gasteiger partial charge on any atom is -0.354 e. The summed E-state index contributed by atoms with van der Waals surface area (Å²) in [4.78, 5) is 0. The minimum absolute atomic E-state index is 0.861. The number of hydrogen-bond donors (Lipinski definition) is 2. The highest BCUT2D eigenvalue weighted by molar-refractivity contribution is 5.15. The predicted molar refractivity (Wildman–Crippen MR) is 64.0 cm³/mol. The van der Waals surface area contributed by atoms with E-state index < -0.39 is 0 Å². The highest BCUT2D eigenvalue weighted by Gasteiger charge is 2.00. The van der Waals surface area contributed by atoms with Gasteiger partial charge in [0.25, 0.3) is 0 Å². The van der Waals surface area contributed by atoms with Gasteiger partial charge in [-0.05, 0) is 25.5 Å². The lowest BCUT2D eigenvalue weighted by Gasteiger charge is -2.02. The Bertz CT molecular complexity index is 441. The van der Waals surface area contributed by atoms with Gasteiger partial charge in [0, 0.05) is 43.3 Å². The molecular weight excluding hydrogens is 200 g/mol. The van der Waals surface area contributed by atoms with Crippen molar-refractivity contribution in [3.05, 3.63) is 41.5 Å². The summed E-state index contributed by atoms with van der Waals surface area (Å²) in [6.07, 6.45) is 6.16. The Morgan fingerprint density at radius 2 is 2.31 bits per heavy atom. The van der Waals surface area contributed by atoms with Crippen LogP contribution < -0.4 is 5.32 Å². The van der Waals surface area contributed by atoms with Crippen LogP contribution in [0.15, 0.2) is 24.7 Å². The Labute approximate surface area is 95.7 Å². The van der Waals surface area contributed by atoms with Crippen molar-refractivity contribution in [3.63, 3.8) is 0 Å². The Hall–Kier alpha value is -1.55. The zero-order valence-electron chi connectivity index (χ0n) is 9.83. The summed E-state index contributed by atoms with van der Waals surface area (Å²) in [5, 5.41) is 10.3. The maximum absolute atomic E-state index is 4.00. The van der Waals surface area contributed by atoms with Crippen molar-refractivity contribution in [1.82, 2.24) is 20.1 Å². The molecule has 16 heavy (non-hydrogen) atoms. The van der Waals surface area contributed by atoms with E-state index in [-0.39, 0.29) is 0 Å². The second kappa shape index (κ2) is 4.99. The molecule has 2 rings (SSSR count). The van der Waals surface area contributed by atoms with E-state index in [1.165, 1.54) is 11.1 Å². The van der Waals surface area contributed by atoms with Crippen molar-refractivity contribution in [1.29, 1.82) is 0 Å². The van der Waals surface area contributed by atoms with E-state index in [0.29, 0.717) is 0 Å². The van der Waals surface area contributed by atoms with Gasteiger partial charge in [0.15, 0.2) is 0 Å². The van der Waals surface area contributed by atoms with Crippen molar-refractivity contribution in [2.75, 3.05) is 0 Å². The zero-order valence-corrected chi connectivity index (χ0v) is 9.83. The number of H-pyrrole nitrogens is 1. The highest BCUT2D eigenvalue weighted by Crippen LogP contribution is 2.04. The number of hydrogen-bond acceptors (Lipinski definition) is 2. The van der Waals surface area contributed by atoms with E-state index >= 15 is 0 Å². The zero-order chi connectivity index (χ0) is 11.4. The molecule has 0 amide bonds. The maximum Gasteiger partial charge on any atom is 0.0535 e. The first-order chi connectivity index (χ1) is 7.79. The first-order valence-corrected chi connectivity index (χ1v) is 5.64. The number of aryl methyl sites for hydroxylation is 2. The molecule has 2 aromatic heterocycles. The van der Waals surface area contributed by atoms with Crippen LogP contribution >= 0.6 is 0 Å². The maximum atomic E-state index is 4.00. The van der Waals surface area contributed by atoms with Crippen molar-refractivity contribution in [2.45, 2.75) is 33.5 Å². The fourth-order valence-corrected chi connectivity index (χ4v) is 1.69. The number of rotatable bonds is 5.